The van der Waals surface area contributed by atoms with E-state index in [4.69, 9.17) is 4.42 Å². The first-order valence-electron chi connectivity index (χ1n) is 7.34. The standard InChI is InChI=1S/C17H22N2O3S/c1-12-9-15(13(2)22-12)10-18-17(20)19(3)11-14-5-7-16(8-6-14)23(4)21/h5-9H,10-11H2,1-4H3,(H,18,20)/t23-/m0/s1. The van der Waals surface area contributed by atoms with E-state index in [2.05, 4.69) is 5.32 Å². The van der Waals surface area contributed by atoms with Crippen LogP contribution in [-0.2, 0) is 23.9 Å². The fraction of sp³-hybridized carbons (Fsp3) is 0.353. The van der Waals surface area contributed by atoms with Crippen molar-refractivity contribution in [2.24, 2.45) is 0 Å². The number of hydrogen-bond donors (Lipinski definition) is 1. The molecule has 1 atom stereocenters. The predicted octanol–water partition coefficient (Wildman–Crippen LogP) is 2.98. The number of hydrogen-bond acceptors (Lipinski definition) is 3. The number of nitrogens with zero attached hydrogens (tertiary/aromatic N) is 1. The molecule has 23 heavy (non-hydrogen) atoms. The van der Waals surface area contributed by atoms with E-state index in [9.17, 15) is 9.00 Å². The zero-order valence-corrected chi connectivity index (χ0v) is 14.7. The minimum atomic E-state index is -0.985. The van der Waals surface area contributed by atoms with Crippen molar-refractivity contribution in [2.45, 2.75) is 31.8 Å². The number of benzene rings is 1. The van der Waals surface area contributed by atoms with E-state index >= 15 is 0 Å². The molecule has 2 rings (SSSR count). The summed E-state index contributed by atoms with van der Waals surface area (Å²) in [7, 11) is 0.760. The summed E-state index contributed by atoms with van der Waals surface area (Å²) in [5, 5.41) is 2.88. The third kappa shape index (κ3) is 4.69. The number of furan rings is 1. The minimum Gasteiger partial charge on any atom is -0.466 e. The van der Waals surface area contributed by atoms with Crippen LogP contribution in [0.15, 0.2) is 39.6 Å². The van der Waals surface area contributed by atoms with Crippen LogP contribution < -0.4 is 5.32 Å². The molecule has 1 N–H and O–H groups in total. The monoisotopic (exact) mass is 334 g/mol. The van der Waals surface area contributed by atoms with Crippen molar-refractivity contribution in [1.82, 2.24) is 10.2 Å². The van der Waals surface area contributed by atoms with Crippen molar-refractivity contribution in [3.8, 4) is 0 Å². The SMILES string of the molecule is Cc1cc(CNC(=O)N(C)Cc2ccc([S@](C)=O)cc2)c(C)o1. The highest BCUT2D eigenvalue weighted by molar-refractivity contribution is 7.84. The molecule has 0 aliphatic heterocycles. The molecule has 5 nitrogen and oxygen atoms in total. The van der Waals surface area contributed by atoms with Crippen LogP contribution in [0.25, 0.3) is 0 Å². The Morgan fingerprint density at radius 2 is 1.91 bits per heavy atom. The van der Waals surface area contributed by atoms with E-state index in [0.29, 0.717) is 13.1 Å². The van der Waals surface area contributed by atoms with Gasteiger partial charge in [-0.2, -0.15) is 0 Å². The fourth-order valence-corrected chi connectivity index (χ4v) is 2.82. The van der Waals surface area contributed by atoms with Crippen molar-refractivity contribution in [2.75, 3.05) is 13.3 Å². The Kier molecular flexibility index (Phi) is 5.60. The molecule has 0 aliphatic rings. The zero-order chi connectivity index (χ0) is 17.0. The lowest BCUT2D eigenvalue weighted by Crippen LogP contribution is -2.36. The highest BCUT2D eigenvalue weighted by Crippen LogP contribution is 2.13. The van der Waals surface area contributed by atoms with Gasteiger partial charge in [0, 0.05) is 47.7 Å². The van der Waals surface area contributed by atoms with Crippen molar-refractivity contribution >= 4 is 16.8 Å². The summed E-state index contributed by atoms with van der Waals surface area (Å²) in [5.41, 5.74) is 1.98. The molecule has 1 heterocycles. The van der Waals surface area contributed by atoms with Crippen LogP contribution in [0.5, 0.6) is 0 Å². The average Bonchev–Trinajstić information content (AvgIpc) is 2.83. The van der Waals surface area contributed by atoms with Crippen LogP contribution in [0.1, 0.15) is 22.6 Å². The van der Waals surface area contributed by atoms with E-state index in [1.807, 2.05) is 44.2 Å². The van der Waals surface area contributed by atoms with Crippen LogP contribution in [0, 0.1) is 13.8 Å². The first-order valence-corrected chi connectivity index (χ1v) is 8.90. The molecule has 2 amide bonds. The normalized spacial score (nSPS) is 12.0. The second-order valence-electron chi connectivity index (χ2n) is 5.55. The van der Waals surface area contributed by atoms with Gasteiger partial charge in [-0.25, -0.2) is 4.79 Å². The van der Waals surface area contributed by atoms with E-state index < -0.39 is 10.8 Å². The van der Waals surface area contributed by atoms with Crippen molar-refractivity contribution < 1.29 is 13.4 Å². The molecule has 0 saturated heterocycles. The Hall–Kier alpha value is -2.08. The first-order chi connectivity index (χ1) is 10.9. The molecule has 6 heteroatoms. The highest BCUT2D eigenvalue weighted by atomic mass is 32.2. The predicted molar refractivity (Wildman–Crippen MR) is 90.7 cm³/mol. The Morgan fingerprint density at radius 3 is 2.43 bits per heavy atom. The van der Waals surface area contributed by atoms with Gasteiger partial charge in [0.15, 0.2) is 0 Å². The number of amides is 2. The molecule has 0 radical (unpaired) electrons. The maximum Gasteiger partial charge on any atom is 0.317 e. The van der Waals surface area contributed by atoms with E-state index in [1.54, 1.807) is 18.2 Å². The summed E-state index contributed by atoms with van der Waals surface area (Å²) in [6.07, 6.45) is 1.65. The molecule has 1 aromatic heterocycles. The Bertz CT molecular complexity index is 707. The van der Waals surface area contributed by atoms with Gasteiger partial charge >= 0.3 is 6.03 Å². The van der Waals surface area contributed by atoms with Gasteiger partial charge in [-0.1, -0.05) is 12.1 Å². The largest absolute Gasteiger partial charge is 0.466 e. The topological polar surface area (TPSA) is 62.6 Å². The summed E-state index contributed by atoms with van der Waals surface area (Å²) in [5.74, 6) is 1.67. The number of carbonyl (C=O) groups excluding carboxylic acids is 1. The molecule has 0 aliphatic carbocycles. The Balaban J connectivity index is 1.89. The lowest BCUT2D eigenvalue weighted by molar-refractivity contribution is 0.206. The number of rotatable bonds is 5. The smallest absolute Gasteiger partial charge is 0.317 e. The minimum absolute atomic E-state index is 0.147. The van der Waals surface area contributed by atoms with Crippen LogP contribution in [0.2, 0.25) is 0 Å². The van der Waals surface area contributed by atoms with Gasteiger partial charge in [0.1, 0.15) is 11.5 Å². The van der Waals surface area contributed by atoms with Gasteiger partial charge in [0.2, 0.25) is 0 Å². The molecule has 1 aromatic carbocycles. The van der Waals surface area contributed by atoms with Crippen molar-refractivity contribution in [3.05, 3.63) is 53.0 Å². The number of urea groups is 1. The van der Waals surface area contributed by atoms with Crippen LogP contribution >= 0.6 is 0 Å². The summed E-state index contributed by atoms with van der Waals surface area (Å²) in [6, 6.07) is 9.23. The molecular weight excluding hydrogens is 312 g/mol. The summed E-state index contributed by atoms with van der Waals surface area (Å²) < 4.78 is 16.8. The lowest BCUT2D eigenvalue weighted by Gasteiger charge is -2.18. The molecule has 0 bridgehead atoms. The lowest BCUT2D eigenvalue weighted by atomic mass is 10.2. The summed E-state index contributed by atoms with van der Waals surface area (Å²) in [6.45, 7) is 4.71. The first kappa shape index (κ1) is 17.3. The Morgan fingerprint density at radius 1 is 1.26 bits per heavy atom. The third-order valence-electron chi connectivity index (χ3n) is 3.60. The van der Waals surface area contributed by atoms with E-state index in [1.165, 1.54) is 0 Å². The van der Waals surface area contributed by atoms with Crippen LogP contribution in [-0.4, -0.2) is 28.4 Å². The molecule has 2 aromatic rings. The van der Waals surface area contributed by atoms with E-state index in [0.717, 1.165) is 27.5 Å². The molecule has 124 valence electrons. The van der Waals surface area contributed by atoms with Crippen molar-refractivity contribution in [3.63, 3.8) is 0 Å². The second-order valence-corrected chi connectivity index (χ2v) is 6.93. The van der Waals surface area contributed by atoms with Crippen molar-refractivity contribution in [1.29, 1.82) is 0 Å². The molecule has 0 saturated carbocycles. The maximum absolute atomic E-state index is 12.1. The van der Waals surface area contributed by atoms with Gasteiger partial charge in [-0.15, -0.1) is 0 Å². The second kappa shape index (κ2) is 7.46. The maximum atomic E-state index is 12.1. The highest BCUT2D eigenvalue weighted by Gasteiger charge is 2.11. The average molecular weight is 334 g/mol. The Labute approximate surface area is 139 Å². The quantitative estimate of drug-likeness (QED) is 0.914. The van der Waals surface area contributed by atoms with Crippen LogP contribution in [0.4, 0.5) is 4.79 Å². The fourth-order valence-electron chi connectivity index (χ4n) is 2.30. The molecular formula is C17H22N2O3S. The summed E-state index contributed by atoms with van der Waals surface area (Å²) >= 11 is 0. The third-order valence-corrected chi connectivity index (χ3v) is 4.53. The number of carbonyl (C=O) groups is 1. The van der Waals surface area contributed by atoms with Crippen LogP contribution in [0.3, 0.4) is 0 Å². The molecule has 0 fully saturated rings. The number of nitrogens with one attached hydrogen (secondary N) is 1. The van der Waals surface area contributed by atoms with Gasteiger partial charge in [0.05, 0.1) is 0 Å². The molecule has 0 spiro atoms. The zero-order valence-electron chi connectivity index (χ0n) is 13.9. The van der Waals surface area contributed by atoms with Gasteiger partial charge in [-0.05, 0) is 37.6 Å². The summed E-state index contributed by atoms with van der Waals surface area (Å²) in [4.78, 5) is 14.5. The van der Waals surface area contributed by atoms with E-state index in [-0.39, 0.29) is 6.03 Å². The van der Waals surface area contributed by atoms with Gasteiger partial charge in [0.25, 0.3) is 0 Å². The number of aryl methyl sites for hydroxylation is 2. The molecule has 0 unspecified atom stereocenters. The van der Waals surface area contributed by atoms with Gasteiger partial charge in [-0.3, -0.25) is 4.21 Å². The van der Waals surface area contributed by atoms with Gasteiger partial charge < -0.3 is 14.6 Å².